The van der Waals surface area contributed by atoms with E-state index in [1.165, 1.54) is 0 Å². The maximum Gasteiger partial charge on any atom is 0.238 e. The molecule has 9 aromatic carbocycles. The van der Waals surface area contributed by atoms with Gasteiger partial charge in [-0.05, 0) is 69.8 Å². The largest absolute Gasteiger partial charge is 0.309 e. The Bertz CT molecular complexity index is 3590. The van der Waals surface area contributed by atoms with Gasteiger partial charge in [-0.1, -0.05) is 188 Å². The number of fused-ring (bicyclic) bond motifs is 7. The van der Waals surface area contributed by atoms with Gasteiger partial charge >= 0.3 is 0 Å². The van der Waals surface area contributed by atoms with Crippen molar-refractivity contribution in [1.82, 2.24) is 24.1 Å². The number of para-hydroxylation sites is 3. The first-order chi connectivity index (χ1) is 30.8. The molecule has 0 aliphatic heterocycles. The quantitative estimate of drug-likeness (QED) is 0.162. The maximum absolute atomic E-state index is 5.46. The minimum Gasteiger partial charge on any atom is -0.309 e. The van der Waals surface area contributed by atoms with Gasteiger partial charge in [-0.3, -0.25) is 4.57 Å². The molecule has 0 aliphatic rings. The molecule has 0 N–H and O–H groups in total. The van der Waals surface area contributed by atoms with Gasteiger partial charge in [0.15, 0.2) is 11.6 Å². The molecular weight excluding hydrogens is 755 g/mol. The highest BCUT2D eigenvalue weighted by molar-refractivity contribution is 6.29. The Balaban J connectivity index is 1.20. The molecule has 5 heteroatoms. The van der Waals surface area contributed by atoms with Gasteiger partial charge in [-0.2, -0.15) is 9.97 Å². The molecule has 3 aromatic heterocycles. The minimum atomic E-state index is 0.552. The first-order valence-electron chi connectivity index (χ1n) is 21.0. The third kappa shape index (κ3) is 5.90. The van der Waals surface area contributed by atoms with Crippen LogP contribution >= 0.6 is 0 Å². The SMILES string of the molecule is c1ccc(-c2ccc(-c3nc(-c4cccc(-c5ccccc5)c4)nc(-n4c5ccccc5c5c(-c6ccccc6)cc6c(c7ccccc7n6-c6ccccc6)c54)n3)cc2)cc1. The Morgan fingerprint density at radius 2 is 0.758 bits per heavy atom. The number of benzene rings is 9. The van der Waals surface area contributed by atoms with Gasteiger partial charge in [0, 0.05) is 38.4 Å². The van der Waals surface area contributed by atoms with Crippen molar-refractivity contribution in [3.63, 3.8) is 0 Å². The van der Waals surface area contributed by atoms with Crippen molar-refractivity contribution in [2.24, 2.45) is 0 Å². The minimum absolute atomic E-state index is 0.552. The first kappa shape index (κ1) is 35.5. The lowest BCUT2D eigenvalue weighted by Gasteiger charge is -2.14. The lowest BCUT2D eigenvalue weighted by atomic mass is 9.97. The number of nitrogens with zero attached hydrogens (tertiary/aromatic N) is 5. The molecule has 0 amide bonds. The standard InChI is InChI=1S/C57H37N5/c1-5-18-38(19-6-1)40-32-34-42(35-33-40)55-58-56(44-25-17-24-43(36-44)39-20-7-2-8-21-39)60-57(59-55)62-50-31-16-13-28-46(50)52-48(41-22-9-3-10-23-41)37-51-53(54(52)62)47-29-14-15-30-49(47)61(51)45-26-11-4-12-27-45/h1-37H. The van der Waals surface area contributed by atoms with E-state index in [4.69, 9.17) is 15.0 Å². The fraction of sp³-hybridized carbons (Fsp3) is 0. The number of aromatic nitrogens is 5. The summed E-state index contributed by atoms with van der Waals surface area (Å²) >= 11 is 0. The zero-order valence-electron chi connectivity index (χ0n) is 33.6. The smallest absolute Gasteiger partial charge is 0.238 e. The summed E-state index contributed by atoms with van der Waals surface area (Å²) < 4.78 is 4.68. The summed E-state index contributed by atoms with van der Waals surface area (Å²) in [6, 6.07) is 79.1. The van der Waals surface area contributed by atoms with Crippen LogP contribution in [-0.2, 0) is 0 Å². The van der Waals surface area contributed by atoms with Crippen molar-refractivity contribution in [3.05, 3.63) is 224 Å². The average molecular weight is 792 g/mol. The van der Waals surface area contributed by atoms with Crippen molar-refractivity contribution in [1.29, 1.82) is 0 Å². The predicted molar refractivity (Wildman–Crippen MR) is 256 cm³/mol. The molecule has 3 heterocycles. The Kier molecular flexibility index (Phi) is 8.42. The molecule has 0 fully saturated rings. The normalized spacial score (nSPS) is 11.5. The predicted octanol–water partition coefficient (Wildman–Crippen LogP) is 14.4. The monoisotopic (exact) mass is 791 g/mol. The fourth-order valence-electron chi connectivity index (χ4n) is 9.15. The van der Waals surface area contributed by atoms with Crippen LogP contribution in [0.4, 0.5) is 0 Å². The van der Waals surface area contributed by atoms with Crippen LogP contribution in [0, 0.1) is 0 Å². The average Bonchev–Trinajstić information content (AvgIpc) is 3.88. The van der Waals surface area contributed by atoms with Crippen molar-refractivity contribution in [3.8, 4) is 67.8 Å². The van der Waals surface area contributed by atoms with E-state index in [9.17, 15) is 0 Å². The Hall–Kier alpha value is -8.41. The highest BCUT2D eigenvalue weighted by atomic mass is 15.2. The molecule has 0 unspecified atom stereocenters. The molecule has 290 valence electrons. The van der Waals surface area contributed by atoms with Gasteiger partial charge in [0.05, 0.1) is 22.1 Å². The van der Waals surface area contributed by atoms with E-state index in [0.717, 1.165) is 93.8 Å². The summed E-state index contributed by atoms with van der Waals surface area (Å²) in [5.41, 5.74) is 14.0. The molecule has 0 bridgehead atoms. The van der Waals surface area contributed by atoms with Crippen LogP contribution in [0.25, 0.3) is 111 Å². The van der Waals surface area contributed by atoms with Gasteiger partial charge < -0.3 is 4.57 Å². The van der Waals surface area contributed by atoms with Gasteiger partial charge in [0.1, 0.15) is 0 Å². The van der Waals surface area contributed by atoms with E-state index in [-0.39, 0.29) is 0 Å². The molecular formula is C57H37N5. The molecule has 12 rings (SSSR count). The lowest BCUT2D eigenvalue weighted by molar-refractivity contribution is 0.955. The van der Waals surface area contributed by atoms with Crippen LogP contribution in [0.1, 0.15) is 0 Å². The molecule has 0 atom stereocenters. The highest BCUT2D eigenvalue weighted by Crippen LogP contribution is 2.46. The molecule has 0 spiro atoms. The van der Waals surface area contributed by atoms with Gasteiger partial charge in [-0.25, -0.2) is 4.98 Å². The summed E-state index contributed by atoms with van der Waals surface area (Å²) in [6.45, 7) is 0. The van der Waals surface area contributed by atoms with E-state index in [1.807, 2.05) is 12.1 Å². The van der Waals surface area contributed by atoms with Crippen molar-refractivity contribution < 1.29 is 0 Å². The van der Waals surface area contributed by atoms with E-state index < -0.39 is 0 Å². The molecule has 5 nitrogen and oxygen atoms in total. The van der Waals surface area contributed by atoms with Crippen LogP contribution in [0.5, 0.6) is 0 Å². The maximum atomic E-state index is 5.46. The van der Waals surface area contributed by atoms with Crippen LogP contribution in [0.3, 0.4) is 0 Å². The fourth-order valence-corrected chi connectivity index (χ4v) is 9.15. The number of hydrogen-bond donors (Lipinski definition) is 0. The Morgan fingerprint density at radius 1 is 0.290 bits per heavy atom. The topological polar surface area (TPSA) is 48.5 Å². The highest BCUT2D eigenvalue weighted by Gasteiger charge is 2.26. The van der Waals surface area contributed by atoms with Gasteiger partial charge in [-0.15, -0.1) is 0 Å². The summed E-state index contributed by atoms with van der Waals surface area (Å²) in [4.78, 5) is 16.2. The Morgan fingerprint density at radius 3 is 1.42 bits per heavy atom. The second-order valence-electron chi connectivity index (χ2n) is 15.6. The van der Waals surface area contributed by atoms with Crippen LogP contribution in [0.15, 0.2) is 224 Å². The summed E-state index contributed by atoms with van der Waals surface area (Å²) in [7, 11) is 0. The molecule has 0 radical (unpaired) electrons. The van der Waals surface area contributed by atoms with E-state index in [0.29, 0.717) is 17.6 Å². The lowest BCUT2D eigenvalue weighted by Crippen LogP contribution is -2.06. The van der Waals surface area contributed by atoms with Crippen molar-refractivity contribution in [2.75, 3.05) is 0 Å². The summed E-state index contributed by atoms with van der Waals surface area (Å²) in [5.74, 6) is 1.75. The van der Waals surface area contributed by atoms with E-state index >= 15 is 0 Å². The zero-order chi connectivity index (χ0) is 41.0. The molecule has 62 heavy (non-hydrogen) atoms. The van der Waals surface area contributed by atoms with Gasteiger partial charge in [0.2, 0.25) is 5.95 Å². The first-order valence-corrected chi connectivity index (χ1v) is 21.0. The van der Waals surface area contributed by atoms with Crippen LogP contribution in [-0.4, -0.2) is 24.1 Å². The second-order valence-corrected chi connectivity index (χ2v) is 15.6. The van der Waals surface area contributed by atoms with E-state index in [2.05, 4.69) is 221 Å². The number of rotatable bonds is 7. The molecule has 0 saturated carbocycles. The third-order valence-electron chi connectivity index (χ3n) is 12.0. The molecule has 0 saturated heterocycles. The zero-order valence-corrected chi connectivity index (χ0v) is 33.6. The van der Waals surface area contributed by atoms with Crippen LogP contribution < -0.4 is 0 Å². The summed E-state index contributed by atoms with van der Waals surface area (Å²) in [5, 5.41) is 4.57. The second kappa shape index (κ2) is 14.7. The Labute approximate surface area is 358 Å². The van der Waals surface area contributed by atoms with Crippen LogP contribution in [0.2, 0.25) is 0 Å². The van der Waals surface area contributed by atoms with Crippen molar-refractivity contribution >= 4 is 43.6 Å². The molecule has 0 aliphatic carbocycles. The van der Waals surface area contributed by atoms with E-state index in [1.54, 1.807) is 0 Å². The third-order valence-corrected chi connectivity index (χ3v) is 12.0. The molecule has 12 aromatic rings. The van der Waals surface area contributed by atoms with Gasteiger partial charge in [0.25, 0.3) is 0 Å². The number of hydrogen-bond acceptors (Lipinski definition) is 3. The summed E-state index contributed by atoms with van der Waals surface area (Å²) in [6.07, 6.45) is 0. The van der Waals surface area contributed by atoms with Crippen molar-refractivity contribution in [2.45, 2.75) is 0 Å².